The summed E-state index contributed by atoms with van der Waals surface area (Å²) in [6, 6.07) is 0. The lowest BCUT2D eigenvalue weighted by molar-refractivity contribution is -0.0684. The number of aliphatic hydroxyl groups is 1. The van der Waals surface area contributed by atoms with Crippen molar-refractivity contribution < 1.29 is 9.84 Å². The molecular weight excluding hydrogens is 238 g/mol. The quantitative estimate of drug-likeness (QED) is 0.736. The minimum atomic E-state index is -0.243. The molecule has 3 nitrogen and oxygen atoms in total. The van der Waals surface area contributed by atoms with Crippen LogP contribution in [0.2, 0.25) is 0 Å². The minimum Gasteiger partial charge on any atom is -0.391 e. The lowest BCUT2D eigenvalue weighted by Gasteiger charge is -2.44. The summed E-state index contributed by atoms with van der Waals surface area (Å²) in [5.74, 6) is 0.662. The van der Waals surface area contributed by atoms with Crippen LogP contribution in [0.15, 0.2) is 0 Å². The van der Waals surface area contributed by atoms with E-state index in [1.165, 1.54) is 25.7 Å². The second-order valence-corrected chi connectivity index (χ2v) is 6.42. The molecule has 1 aliphatic heterocycles. The lowest BCUT2D eigenvalue weighted by atomic mass is 9.84. The normalized spacial score (nSPS) is 21.3. The predicted octanol–water partition coefficient (Wildman–Crippen LogP) is 3.06. The Bertz CT molecular complexity index is 237. The molecule has 0 aromatic carbocycles. The van der Waals surface area contributed by atoms with E-state index in [2.05, 4.69) is 32.6 Å². The predicted molar refractivity (Wildman–Crippen MR) is 80.4 cm³/mol. The Labute approximate surface area is 119 Å². The van der Waals surface area contributed by atoms with Gasteiger partial charge in [0.2, 0.25) is 0 Å². The highest BCUT2D eigenvalue weighted by atomic mass is 16.5. The molecule has 2 atom stereocenters. The van der Waals surface area contributed by atoms with E-state index < -0.39 is 0 Å². The Morgan fingerprint density at radius 3 is 2.37 bits per heavy atom. The third-order valence-corrected chi connectivity index (χ3v) is 4.74. The summed E-state index contributed by atoms with van der Waals surface area (Å²) in [6.07, 6.45) is 5.65. The smallest absolute Gasteiger partial charge is 0.0721 e. The molecule has 0 bridgehead atoms. The SMILES string of the molecule is CCCCC(CC)CC(O)C(C)(C)N1CCOCC1. The molecule has 1 fully saturated rings. The summed E-state index contributed by atoms with van der Waals surface area (Å²) in [6.45, 7) is 12.3. The molecule has 19 heavy (non-hydrogen) atoms. The zero-order valence-corrected chi connectivity index (χ0v) is 13.3. The number of hydrogen-bond donors (Lipinski definition) is 1. The molecule has 0 radical (unpaired) electrons. The molecule has 1 rings (SSSR count). The summed E-state index contributed by atoms with van der Waals surface area (Å²) in [5, 5.41) is 10.6. The average Bonchev–Trinajstić information content (AvgIpc) is 2.44. The van der Waals surface area contributed by atoms with Gasteiger partial charge in [-0.1, -0.05) is 39.5 Å². The molecular formula is C16H33NO2. The molecule has 1 aliphatic rings. The molecule has 0 amide bonds. The van der Waals surface area contributed by atoms with Crippen LogP contribution in [-0.2, 0) is 4.74 Å². The van der Waals surface area contributed by atoms with Crippen LogP contribution in [-0.4, -0.2) is 48.0 Å². The van der Waals surface area contributed by atoms with Crippen molar-refractivity contribution in [1.29, 1.82) is 0 Å². The van der Waals surface area contributed by atoms with E-state index in [1.54, 1.807) is 0 Å². The first kappa shape index (κ1) is 16.9. The molecule has 1 saturated heterocycles. The first-order valence-corrected chi connectivity index (χ1v) is 8.03. The van der Waals surface area contributed by atoms with E-state index in [4.69, 9.17) is 4.74 Å². The van der Waals surface area contributed by atoms with Crippen LogP contribution in [0.4, 0.5) is 0 Å². The highest BCUT2D eigenvalue weighted by Crippen LogP contribution is 2.28. The van der Waals surface area contributed by atoms with E-state index in [0.717, 1.165) is 32.7 Å². The van der Waals surface area contributed by atoms with Crippen molar-refractivity contribution in [2.75, 3.05) is 26.3 Å². The van der Waals surface area contributed by atoms with Crippen LogP contribution >= 0.6 is 0 Å². The molecule has 114 valence electrons. The van der Waals surface area contributed by atoms with Crippen molar-refractivity contribution in [3.63, 3.8) is 0 Å². The van der Waals surface area contributed by atoms with Gasteiger partial charge in [0.15, 0.2) is 0 Å². The highest BCUT2D eigenvalue weighted by molar-refractivity contribution is 4.90. The lowest BCUT2D eigenvalue weighted by Crippen LogP contribution is -2.56. The van der Waals surface area contributed by atoms with Crippen molar-refractivity contribution in [1.82, 2.24) is 4.90 Å². The van der Waals surface area contributed by atoms with Crippen LogP contribution in [0.3, 0.4) is 0 Å². The Balaban J connectivity index is 2.50. The van der Waals surface area contributed by atoms with Gasteiger partial charge in [0.05, 0.1) is 19.3 Å². The Morgan fingerprint density at radius 1 is 1.21 bits per heavy atom. The fourth-order valence-electron chi connectivity index (χ4n) is 2.94. The molecule has 1 heterocycles. The zero-order valence-electron chi connectivity index (χ0n) is 13.3. The standard InChI is InChI=1S/C16H33NO2/c1-5-7-8-14(6-2)13-15(18)16(3,4)17-9-11-19-12-10-17/h14-15,18H,5-13H2,1-4H3. The van der Waals surface area contributed by atoms with Crippen molar-refractivity contribution in [2.24, 2.45) is 5.92 Å². The Morgan fingerprint density at radius 2 is 1.84 bits per heavy atom. The van der Waals surface area contributed by atoms with Crippen LogP contribution in [0, 0.1) is 5.92 Å². The molecule has 0 aromatic heterocycles. The molecule has 0 aromatic rings. The molecule has 2 unspecified atom stereocenters. The minimum absolute atomic E-state index is 0.136. The third-order valence-electron chi connectivity index (χ3n) is 4.74. The van der Waals surface area contributed by atoms with E-state index in [0.29, 0.717) is 5.92 Å². The van der Waals surface area contributed by atoms with Gasteiger partial charge in [-0.3, -0.25) is 4.90 Å². The molecule has 0 saturated carbocycles. The fourth-order valence-corrected chi connectivity index (χ4v) is 2.94. The second kappa shape index (κ2) is 8.23. The molecule has 3 heteroatoms. The maximum absolute atomic E-state index is 10.6. The second-order valence-electron chi connectivity index (χ2n) is 6.42. The monoisotopic (exact) mass is 271 g/mol. The Kier molecular flexibility index (Phi) is 7.33. The van der Waals surface area contributed by atoms with Crippen LogP contribution in [0.25, 0.3) is 0 Å². The van der Waals surface area contributed by atoms with E-state index in [1.807, 2.05) is 0 Å². The number of aliphatic hydroxyl groups excluding tert-OH is 1. The van der Waals surface area contributed by atoms with Gasteiger partial charge in [0, 0.05) is 18.6 Å². The summed E-state index contributed by atoms with van der Waals surface area (Å²) < 4.78 is 5.41. The van der Waals surface area contributed by atoms with Crippen LogP contribution < -0.4 is 0 Å². The highest BCUT2D eigenvalue weighted by Gasteiger charge is 2.35. The first-order valence-electron chi connectivity index (χ1n) is 8.03. The van der Waals surface area contributed by atoms with E-state index in [9.17, 15) is 5.11 Å². The molecule has 0 aliphatic carbocycles. The van der Waals surface area contributed by atoms with Gasteiger partial charge in [0.1, 0.15) is 0 Å². The zero-order chi connectivity index (χ0) is 14.3. The third kappa shape index (κ3) is 5.05. The van der Waals surface area contributed by atoms with Crippen molar-refractivity contribution in [3.8, 4) is 0 Å². The summed E-state index contributed by atoms with van der Waals surface area (Å²) in [5.41, 5.74) is -0.136. The number of unbranched alkanes of at least 4 members (excludes halogenated alkanes) is 1. The summed E-state index contributed by atoms with van der Waals surface area (Å²) in [4.78, 5) is 2.38. The maximum Gasteiger partial charge on any atom is 0.0721 e. The van der Waals surface area contributed by atoms with Crippen molar-refractivity contribution in [2.45, 2.75) is 71.4 Å². The summed E-state index contributed by atoms with van der Waals surface area (Å²) in [7, 11) is 0. The number of hydrogen-bond acceptors (Lipinski definition) is 3. The van der Waals surface area contributed by atoms with Crippen LogP contribution in [0.1, 0.15) is 59.8 Å². The van der Waals surface area contributed by atoms with E-state index >= 15 is 0 Å². The molecule has 0 spiro atoms. The summed E-state index contributed by atoms with van der Waals surface area (Å²) >= 11 is 0. The Hall–Kier alpha value is -0.120. The van der Waals surface area contributed by atoms with E-state index in [-0.39, 0.29) is 11.6 Å². The van der Waals surface area contributed by atoms with Gasteiger partial charge in [0.25, 0.3) is 0 Å². The number of ether oxygens (including phenoxy) is 1. The van der Waals surface area contributed by atoms with Gasteiger partial charge in [-0.2, -0.15) is 0 Å². The number of morpholine rings is 1. The fraction of sp³-hybridized carbons (Fsp3) is 1.00. The van der Waals surface area contributed by atoms with Crippen LogP contribution in [0.5, 0.6) is 0 Å². The largest absolute Gasteiger partial charge is 0.391 e. The van der Waals surface area contributed by atoms with Gasteiger partial charge < -0.3 is 9.84 Å². The average molecular weight is 271 g/mol. The maximum atomic E-state index is 10.6. The molecule has 1 N–H and O–H groups in total. The first-order chi connectivity index (χ1) is 9.02. The topological polar surface area (TPSA) is 32.7 Å². The number of rotatable bonds is 8. The van der Waals surface area contributed by atoms with Crippen molar-refractivity contribution in [3.05, 3.63) is 0 Å². The van der Waals surface area contributed by atoms with Gasteiger partial charge >= 0.3 is 0 Å². The van der Waals surface area contributed by atoms with Gasteiger partial charge in [-0.05, 0) is 26.2 Å². The van der Waals surface area contributed by atoms with Gasteiger partial charge in [-0.15, -0.1) is 0 Å². The number of nitrogens with zero attached hydrogens (tertiary/aromatic N) is 1. The van der Waals surface area contributed by atoms with Crippen molar-refractivity contribution >= 4 is 0 Å². The van der Waals surface area contributed by atoms with Gasteiger partial charge in [-0.25, -0.2) is 0 Å².